The predicted molar refractivity (Wildman–Crippen MR) is 136 cm³/mol. The molecule has 1 heterocycles. The van der Waals surface area contributed by atoms with Crippen LogP contribution in [0.5, 0.6) is 17.4 Å². The van der Waals surface area contributed by atoms with Crippen LogP contribution in [0.15, 0.2) is 95.2 Å². The standard InChI is InChI=1S/C28H17F4N3O5/c29-21-14-16(11-12-20(21)28(30,31)32)35-23-10-2-1-7-19(23)24(26(35)37)34-33-22-9-4-8-18(25(22)36)15-5-3-6-17(13-15)40-27(38)39/h1-14,36-37H,(H,38,39). The van der Waals surface area contributed by atoms with Crippen molar-refractivity contribution in [1.82, 2.24) is 4.57 Å². The first-order chi connectivity index (χ1) is 19.0. The van der Waals surface area contributed by atoms with Crippen molar-refractivity contribution in [1.29, 1.82) is 0 Å². The monoisotopic (exact) mass is 551 g/mol. The molecule has 5 aromatic rings. The largest absolute Gasteiger partial charge is 0.511 e. The molecule has 0 saturated heterocycles. The maximum Gasteiger partial charge on any atom is 0.511 e. The molecule has 3 N–H and O–H groups in total. The molecule has 0 fully saturated rings. The summed E-state index contributed by atoms with van der Waals surface area (Å²) >= 11 is 0. The minimum Gasteiger partial charge on any atom is -0.505 e. The second kappa shape index (κ2) is 10.1. The summed E-state index contributed by atoms with van der Waals surface area (Å²) in [5.41, 5.74) is -0.550. The summed E-state index contributed by atoms with van der Waals surface area (Å²) in [7, 11) is 0. The van der Waals surface area contributed by atoms with Crippen molar-refractivity contribution in [3.05, 3.63) is 96.3 Å². The Morgan fingerprint density at radius 3 is 2.35 bits per heavy atom. The lowest BCUT2D eigenvalue weighted by Gasteiger charge is -2.11. The Morgan fingerprint density at radius 2 is 1.62 bits per heavy atom. The summed E-state index contributed by atoms with van der Waals surface area (Å²) < 4.78 is 59.3. The van der Waals surface area contributed by atoms with Gasteiger partial charge in [-0.3, -0.25) is 4.57 Å². The number of azo groups is 1. The van der Waals surface area contributed by atoms with E-state index >= 15 is 0 Å². The van der Waals surface area contributed by atoms with Crippen LogP contribution in [0.2, 0.25) is 0 Å². The number of nitrogens with zero attached hydrogens (tertiary/aromatic N) is 3. The Hall–Kier alpha value is -5.39. The van der Waals surface area contributed by atoms with Gasteiger partial charge in [0.1, 0.15) is 17.3 Å². The molecule has 0 spiro atoms. The van der Waals surface area contributed by atoms with Gasteiger partial charge in [-0.15, -0.1) is 10.2 Å². The van der Waals surface area contributed by atoms with Gasteiger partial charge in [0, 0.05) is 10.9 Å². The zero-order valence-electron chi connectivity index (χ0n) is 20.1. The summed E-state index contributed by atoms with van der Waals surface area (Å²) in [5, 5.41) is 39.3. The number of aromatic hydroxyl groups is 2. The average molecular weight is 551 g/mol. The molecule has 0 atom stereocenters. The first-order valence-electron chi connectivity index (χ1n) is 11.5. The number of ether oxygens (including phenoxy) is 1. The van der Waals surface area contributed by atoms with Gasteiger partial charge in [0.05, 0.1) is 16.8 Å². The topological polar surface area (TPSA) is 117 Å². The fourth-order valence-corrected chi connectivity index (χ4v) is 4.22. The number of para-hydroxylation sites is 2. The summed E-state index contributed by atoms with van der Waals surface area (Å²) in [6, 6.07) is 19.3. The average Bonchev–Trinajstić information content (AvgIpc) is 3.18. The van der Waals surface area contributed by atoms with E-state index in [1.165, 1.54) is 24.3 Å². The molecule has 0 aliphatic carbocycles. The Morgan fingerprint density at radius 1 is 0.875 bits per heavy atom. The van der Waals surface area contributed by atoms with E-state index < -0.39 is 29.6 Å². The Bertz CT molecular complexity index is 1800. The third-order valence-corrected chi connectivity index (χ3v) is 5.96. The van der Waals surface area contributed by atoms with E-state index in [0.717, 1.165) is 10.6 Å². The lowest BCUT2D eigenvalue weighted by atomic mass is 10.0. The van der Waals surface area contributed by atoms with Crippen molar-refractivity contribution in [2.75, 3.05) is 0 Å². The van der Waals surface area contributed by atoms with Gasteiger partial charge in [-0.1, -0.05) is 42.5 Å². The number of alkyl halides is 3. The number of carboxylic acid groups (broad SMARTS) is 1. The molecule has 0 aliphatic rings. The minimum atomic E-state index is -4.88. The van der Waals surface area contributed by atoms with E-state index in [0.29, 0.717) is 34.2 Å². The SMILES string of the molecule is O=C(O)Oc1cccc(-c2cccc(N=Nc3c(O)n(-c4ccc(C(F)(F)F)c(F)c4)c4ccccc34)c2O)c1. The molecule has 12 heteroatoms. The molecule has 202 valence electrons. The van der Waals surface area contributed by atoms with Crippen molar-refractivity contribution in [2.45, 2.75) is 6.18 Å². The molecule has 5 rings (SSSR count). The van der Waals surface area contributed by atoms with Crippen LogP contribution in [-0.2, 0) is 6.18 Å². The van der Waals surface area contributed by atoms with Crippen molar-refractivity contribution >= 4 is 28.4 Å². The number of aromatic nitrogens is 1. The number of halogens is 4. The molecule has 8 nitrogen and oxygen atoms in total. The fraction of sp³-hybridized carbons (Fsp3) is 0.0357. The van der Waals surface area contributed by atoms with E-state index in [-0.39, 0.29) is 28.6 Å². The smallest absolute Gasteiger partial charge is 0.505 e. The third-order valence-electron chi connectivity index (χ3n) is 5.96. The van der Waals surface area contributed by atoms with Gasteiger partial charge in [0.25, 0.3) is 0 Å². The summed E-state index contributed by atoms with van der Waals surface area (Å²) in [6.45, 7) is 0. The Labute approximate surface area is 222 Å². The highest BCUT2D eigenvalue weighted by molar-refractivity contribution is 5.96. The molecule has 0 unspecified atom stereocenters. The molecule has 0 saturated carbocycles. The summed E-state index contributed by atoms with van der Waals surface area (Å²) in [4.78, 5) is 10.9. The van der Waals surface area contributed by atoms with Gasteiger partial charge in [-0.2, -0.15) is 13.2 Å². The number of hydrogen-bond donors (Lipinski definition) is 3. The van der Waals surface area contributed by atoms with Gasteiger partial charge in [-0.05, 0) is 48.0 Å². The highest BCUT2D eigenvalue weighted by Gasteiger charge is 2.34. The quantitative estimate of drug-likeness (QED) is 0.0879. The van der Waals surface area contributed by atoms with Gasteiger partial charge < -0.3 is 20.1 Å². The second-order valence-corrected chi connectivity index (χ2v) is 8.46. The van der Waals surface area contributed by atoms with Gasteiger partial charge in [0.15, 0.2) is 11.4 Å². The van der Waals surface area contributed by atoms with Gasteiger partial charge in [-0.25, -0.2) is 9.18 Å². The van der Waals surface area contributed by atoms with Crippen molar-refractivity contribution in [3.63, 3.8) is 0 Å². The summed E-state index contributed by atoms with van der Waals surface area (Å²) in [5.74, 6) is -2.29. The number of benzene rings is 4. The zero-order chi connectivity index (χ0) is 28.6. The van der Waals surface area contributed by atoms with Crippen LogP contribution in [0.25, 0.3) is 27.7 Å². The van der Waals surface area contributed by atoms with Crippen LogP contribution in [-0.4, -0.2) is 26.0 Å². The zero-order valence-corrected chi connectivity index (χ0v) is 20.1. The number of carbonyl (C=O) groups is 1. The predicted octanol–water partition coefficient (Wildman–Crippen LogP) is 8.34. The van der Waals surface area contributed by atoms with Crippen molar-refractivity contribution in [3.8, 4) is 34.2 Å². The molecule has 0 aliphatic heterocycles. The number of fused-ring (bicyclic) bond motifs is 1. The highest BCUT2D eigenvalue weighted by Crippen LogP contribution is 2.44. The molecule has 0 amide bonds. The highest BCUT2D eigenvalue weighted by atomic mass is 19.4. The fourth-order valence-electron chi connectivity index (χ4n) is 4.22. The second-order valence-electron chi connectivity index (χ2n) is 8.46. The first kappa shape index (κ1) is 26.2. The Kier molecular flexibility index (Phi) is 6.59. The van der Waals surface area contributed by atoms with Crippen LogP contribution in [0, 0.1) is 5.82 Å². The number of phenols is 1. The van der Waals surface area contributed by atoms with Crippen LogP contribution in [0.4, 0.5) is 33.7 Å². The number of hydrogen-bond acceptors (Lipinski definition) is 6. The van der Waals surface area contributed by atoms with E-state index in [9.17, 15) is 32.6 Å². The Balaban J connectivity index is 1.57. The van der Waals surface area contributed by atoms with Crippen LogP contribution >= 0.6 is 0 Å². The van der Waals surface area contributed by atoms with E-state index in [1.54, 1.807) is 42.5 Å². The maximum atomic E-state index is 14.3. The van der Waals surface area contributed by atoms with E-state index in [2.05, 4.69) is 15.0 Å². The molecule has 1 aromatic heterocycles. The maximum absolute atomic E-state index is 14.3. The first-order valence-corrected chi connectivity index (χ1v) is 11.5. The molecule has 0 bridgehead atoms. The lowest BCUT2D eigenvalue weighted by molar-refractivity contribution is -0.140. The number of phenolic OH excluding ortho intramolecular Hbond substituents is 1. The van der Waals surface area contributed by atoms with Crippen molar-refractivity contribution in [2.24, 2.45) is 10.2 Å². The van der Waals surface area contributed by atoms with Crippen LogP contribution in [0.3, 0.4) is 0 Å². The van der Waals surface area contributed by atoms with Gasteiger partial charge >= 0.3 is 12.3 Å². The minimum absolute atomic E-state index is 0.00105. The van der Waals surface area contributed by atoms with Crippen molar-refractivity contribution < 1.29 is 42.4 Å². The molecular formula is C28H17F4N3O5. The molecular weight excluding hydrogens is 534 g/mol. The molecule has 40 heavy (non-hydrogen) atoms. The third kappa shape index (κ3) is 4.89. The molecule has 4 aromatic carbocycles. The summed E-state index contributed by atoms with van der Waals surface area (Å²) in [6.07, 6.45) is -6.38. The number of rotatable bonds is 5. The van der Waals surface area contributed by atoms with Crippen LogP contribution < -0.4 is 4.74 Å². The normalized spacial score (nSPS) is 11.8. The van der Waals surface area contributed by atoms with E-state index in [1.807, 2.05) is 0 Å². The van der Waals surface area contributed by atoms with E-state index in [4.69, 9.17) is 5.11 Å². The molecule has 0 radical (unpaired) electrons. The lowest BCUT2D eigenvalue weighted by Crippen LogP contribution is -2.08. The van der Waals surface area contributed by atoms with Gasteiger partial charge in [0.2, 0.25) is 5.88 Å². The van der Waals surface area contributed by atoms with Crippen LogP contribution in [0.1, 0.15) is 5.56 Å².